The minimum atomic E-state index is -0.192. The zero-order valence-corrected chi connectivity index (χ0v) is 14.9. The Kier molecular flexibility index (Phi) is 5.86. The Bertz CT molecular complexity index is 648. The van der Waals surface area contributed by atoms with Gasteiger partial charge in [0.25, 0.3) is 0 Å². The van der Waals surface area contributed by atoms with Crippen molar-refractivity contribution < 1.29 is 4.79 Å². The number of urea groups is 1. The zero-order valence-electron chi connectivity index (χ0n) is 12.5. The lowest BCUT2D eigenvalue weighted by Gasteiger charge is -2.13. The molecule has 0 aliphatic carbocycles. The number of hydrogen-bond donors (Lipinski definition) is 2. The van der Waals surface area contributed by atoms with Gasteiger partial charge in [0.15, 0.2) is 0 Å². The van der Waals surface area contributed by atoms with Crippen molar-refractivity contribution in [2.75, 3.05) is 11.9 Å². The zero-order chi connectivity index (χ0) is 16.1. The number of benzene rings is 2. The summed E-state index contributed by atoms with van der Waals surface area (Å²) in [6, 6.07) is 11.4. The summed E-state index contributed by atoms with van der Waals surface area (Å²) in [5.74, 6) is 0. The number of anilines is 1. The van der Waals surface area contributed by atoms with Crippen molar-refractivity contribution in [2.24, 2.45) is 0 Å². The molecule has 0 unspecified atom stereocenters. The Balaban J connectivity index is 1.87. The van der Waals surface area contributed by atoms with Gasteiger partial charge in [-0.1, -0.05) is 39.7 Å². The maximum atomic E-state index is 12.0. The molecule has 2 amide bonds. The number of carbonyl (C=O) groups is 1. The SMILES string of the molecule is Cc1cc(Br)cc(C)c1NC(=O)NCCc1ccc(Cl)cc1. The lowest BCUT2D eigenvalue weighted by Crippen LogP contribution is -2.31. The summed E-state index contributed by atoms with van der Waals surface area (Å²) in [5, 5.41) is 6.50. The van der Waals surface area contributed by atoms with Crippen LogP contribution in [0.2, 0.25) is 5.02 Å². The van der Waals surface area contributed by atoms with Crippen LogP contribution in [0.5, 0.6) is 0 Å². The van der Waals surface area contributed by atoms with Crippen LogP contribution in [0, 0.1) is 13.8 Å². The summed E-state index contributed by atoms with van der Waals surface area (Å²) < 4.78 is 1.01. The molecule has 2 aromatic rings. The van der Waals surface area contributed by atoms with Crippen LogP contribution in [0.15, 0.2) is 40.9 Å². The van der Waals surface area contributed by atoms with Gasteiger partial charge in [0.1, 0.15) is 0 Å². The Labute approximate surface area is 144 Å². The van der Waals surface area contributed by atoms with Gasteiger partial charge >= 0.3 is 6.03 Å². The summed E-state index contributed by atoms with van der Waals surface area (Å²) in [4.78, 5) is 12.0. The number of rotatable bonds is 4. The van der Waals surface area contributed by atoms with Crippen molar-refractivity contribution in [3.05, 3.63) is 62.6 Å². The molecule has 0 aliphatic heterocycles. The molecule has 0 radical (unpaired) electrons. The standard InChI is InChI=1S/C17H18BrClN2O/c1-11-9-14(18)10-12(2)16(11)21-17(22)20-8-7-13-3-5-15(19)6-4-13/h3-6,9-10H,7-8H2,1-2H3,(H2,20,21,22). The van der Waals surface area contributed by atoms with E-state index in [-0.39, 0.29) is 6.03 Å². The van der Waals surface area contributed by atoms with Gasteiger partial charge in [0.2, 0.25) is 0 Å². The Morgan fingerprint density at radius 3 is 2.32 bits per heavy atom. The van der Waals surface area contributed by atoms with Gasteiger partial charge < -0.3 is 10.6 Å². The van der Waals surface area contributed by atoms with Crippen molar-refractivity contribution >= 4 is 39.2 Å². The van der Waals surface area contributed by atoms with Gasteiger partial charge in [0, 0.05) is 21.7 Å². The predicted octanol–water partition coefficient (Wildman–Crippen LogP) is 5.08. The lowest BCUT2D eigenvalue weighted by molar-refractivity contribution is 0.252. The van der Waals surface area contributed by atoms with Crippen molar-refractivity contribution in [3.63, 3.8) is 0 Å². The maximum Gasteiger partial charge on any atom is 0.319 e. The highest BCUT2D eigenvalue weighted by atomic mass is 79.9. The highest BCUT2D eigenvalue weighted by Crippen LogP contribution is 2.24. The third kappa shape index (κ3) is 4.75. The van der Waals surface area contributed by atoms with Crippen molar-refractivity contribution in [1.82, 2.24) is 5.32 Å². The quantitative estimate of drug-likeness (QED) is 0.761. The Morgan fingerprint density at radius 2 is 1.73 bits per heavy atom. The van der Waals surface area contributed by atoms with Crippen LogP contribution in [-0.2, 0) is 6.42 Å². The van der Waals surface area contributed by atoms with Crippen LogP contribution in [0.3, 0.4) is 0 Å². The molecule has 0 fully saturated rings. The first kappa shape index (κ1) is 16.8. The number of aryl methyl sites for hydroxylation is 2. The summed E-state index contributed by atoms with van der Waals surface area (Å²) in [7, 11) is 0. The van der Waals surface area contributed by atoms with Gasteiger partial charge in [0.05, 0.1) is 0 Å². The predicted molar refractivity (Wildman–Crippen MR) is 95.8 cm³/mol. The van der Waals surface area contributed by atoms with Crippen LogP contribution in [0.4, 0.5) is 10.5 Å². The number of hydrogen-bond acceptors (Lipinski definition) is 1. The highest BCUT2D eigenvalue weighted by molar-refractivity contribution is 9.10. The molecular weight excluding hydrogens is 364 g/mol. The second-order valence-corrected chi connectivity index (χ2v) is 6.52. The molecule has 0 atom stereocenters. The molecule has 2 aromatic carbocycles. The van der Waals surface area contributed by atoms with Gasteiger partial charge in [-0.25, -0.2) is 4.79 Å². The van der Waals surface area contributed by atoms with Crippen LogP contribution in [0.25, 0.3) is 0 Å². The first-order valence-electron chi connectivity index (χ1n) is 7.02. The number of halogens is 2. The fourth-order valence-electron chi connectivity index (χ4n) is 2.24. The van der Waals surface area contributed by atoms with Gasteiger partial charge in [-0.05, 0) is 61.2 Å². The van der Waals surface area contributed by atoms with Crippen LogP contribution in [-0.4, -0.2) is 12.6 Å². The molecule has 0 saturated carbocycles. The van der Waals surface area contributed by atoms with Crippen LogP contribution >= 0.6 is 27.5 Å². The first-order chi connectivity index (χ1) is 10.5. The van der Waals surface area contributed by atoms with E-state index in [1.807, 2.05) is 50.2 Å². The molecule has 0 aliphatic rings. The monoisotopic (exact) mass is 380 g/mol. The summed E-state index contributed by atoms with van der Waals surface area (Å²) in [6.45, 7) is 4.52. The van der Waals surface area contributed by atoms with E-state index in [1.54, 1.807) is 0 Å². The molecule has 2 N–H and O–H groups in total. The smallest absolute Gasteiger partial charge is 0.319 e. The van der Waals surface area contributed by atoms with E-state index < -0.39 is 0 Å². The van der Waals surface area contributed by atoms with E-state index in [1.165, 1.54) is 0 Å². The van der Waals surface area contributed by atoms with Crippen molar-refractivity contribution in [3.8, 4) is 0 Å². The van der Waals surface area contributed by atoms with E-state index in [0.29, 0.717) is 6.54 Å². The summed E-state index contributed by atoms with van der Waals surface area (Å²) in [5.41, 5.74) is 4.05. The lowest BCUT2D eigenvalue weighted by atomic mass is 10.1. The number of amides is 2. The molecule has 0 spiro atoms. The molecule has 2 rings (SSSR count). The highest BCUT2D eigenvalue weighted by Gasteiger charge is 2.08. The summed E-state index contributed by atoms with van der Waals surface area (Å²) >= 11 is 9.29. The average molecular weight is 382 g/mol. The number of nitrogens with one attached hydrogen (secondary N) is 2. The fraction of sp³-hybridized carbons (Fsp3) is 0.235. The van der Waals surface area contributed by atoms with E-state index >= 15 is 0 Å². The minimum absolute atomic E-state index is 0.192. The fourth-order valence-corrected chi connectivity index (χ4v) is 3.05. The van der Waals surface area contributed by atoms with E-state index in [0.717, 1.165) is 38.3 Å². The van der Waals surface area contributed by atoms with Crippen molar-refractivity contribution in [1.29, 1.82) is 0 Å². The molecule has 5 heteroatoms. The molecule has 22 heavy (non-hydrogen) atoms. The second kappa shape index (κ2) is 7.65. The third-order valence-electron chi connectivity index (χ3n) is 3.35. The summed E-state index contributed by atoms with van der Waals surface area (Å²) in [6.07, 6.45) is 0.767. The van der Waals surface area contributed by atoms with E-state index in [4.69, 9.17) is 11.6 Å². The van der Waals surface area contributed by atoms with E-state index in [2.05, 4.69) is 26.6 Å². The van der Waals surface area contributed by atoms with Gasteiger partial charge in [-0.3, -0.25) is 0 Å². The first-order valence-corrected chi connectivity index (χ1v) is 8.19. The van der Waals surface area contributed by atoms with Crippen molar-refractivity contribution in [2.45, 2.75) is 20.3 Å². The van der Waals surface area contributed by atoms with Crippen LogP contribution in [0.1, 0.15) is 16.7 Å². The second-order valence-electron chi connectivity index (χ2n) is 5.17. The average Bonchev–Trinajstić information content (AvgIpc) is 2.45. The molecule has 116 valence electrons. The largest absolute Gasteiger partial charge is 0.338 e. The van der Waals surface area contributed by atoms with Gasteiger partial charge in [-0.15, -0.1) is 0 Å². The molecule has 0 heterocycles. The topological polar surface area (TPSA) is 41.1 Å². The Hall–Kier alpha value is -1.52. The van der Waals surface area contributed by atoms with Crippen LogP contribution < -0.4 is 10.6 Å². The maximum absolute atomic E-state index is 12.0. The minimum Gasteiger partial charge on any atom is -0.338 e. The van der Waals surface area contributed by atoms with E-state index in [9.17, 15) is 4.79 Å². The third-order valence-corrected chi connectivity index (χ3v) is 4.06. The Morgan fingerprint density at radius 1 is 1.14 bits per heavy atom. The normalized spacial score (nSPS) is 10.4. The number of carbonyl (C=O) groups excluding carboxylic acids is 1. The van der Waals surface area contributed by atoms with Gasteiger partial charge in [-0.2, -0.15) is 0 Å². The molecule has 3 nitrogen and oxygen atoms in total. The molecule has 0 saturated heterocycles. The molecular formula is C17H18BrClN2O. The molecule has 0 bridgehead atoms. The molecule has 0 aromatic heterocycles.